The van der Waals surface area contributed by atoms with E-state index in [1.54, 1.807) is 0 Å². The topological polar surface area (TPSA) is 65.6 Å². The lowest BCUT2D eigenvalue weighted by molar-refractivity contribution is 0.824. The van der Waals surface area contributed by atoms with Gasteiger partial charge in [0.2, 0.25) is 0 Å². The molecule has 1 aromatic heterocycles. The van der Waals surface area contributed by atoms with E-state index in [1.165, 1.54) is 0 Å². The van der Waals surface area contributed by atoms with E-state index in [2.05, 4.69) is 0 Å². The van der Waals surface area contributed by atoms with Gasteiger partial charge in [-0.1, -0.05) is 0 Å². The van der Waals surface area contributed by atoms with Crippen molar-refractivity contribution in [2.45, 2.75) is 0 Å². The number of hydrogen-bond acceptors (Lipinski definition) is 3. The minimum atomic E-state index is -0.301. The normalized spacial score (nSPS) is 8.00. The average molecular weight is 106 g/mol. The van der Waals surface area contributed by atoms with Gasteiger partial charge in [-0.25, -0.2) is 0 Å². The summed E-state index contributed by atoms with van der Waals surface area (Å²) in [5.41, 5.74) is 0. The highest BCUT2D eigenvalue weighted by atomic mass is 32.1. The Morgan fingerprint density at radius 1 is 1.17 bits per heavy atom. The van der Waals surface area contributed by atoms with Gasteiger partial charge in [-0.2, -0.15) is 0 Å². The van der Waals surface area contributed by atoms with E-state index in [4.69, 9.17) is 0 Å². The maximum absolute atomic E-state index is 9.50. The van der Waals surface area contributed by atoms with Crippen LogP contribution in [-0.4, -0.2) is 5.48 Å². The molecule has 0 unspecified atom stereocenters. The molecule has 0 atom stereocenters. The number of rotatable bonds is 0. The maximum Gasteiger partial charge on any atom is 0.294 e. The predicted octanol–water partition coefficient (Wildman–Crippen LogP) is -1.48. The van der Waals surface area contributed by atoms with E-state index in [0.29, 0.717) is 0 Å². The van der Waals surface area contributed by atoms with Gasteiger partial charge in [0, 0.05) is 0 Å². The van der Waals surface area contributed by atoms with Crippen LogP contribution in [0.2, 0.25) is 0 Å². The first-order valence-electron chi connectivity index (χ1n) is 1.07. The molecule has 0 saturated carbocycles. The Balaban J connectivity index is 0.000000250. The first-order valence-corrected chi connectivity index (χ1v) is 1.88. The lowest BCUT2D eigenvalue weighted by Crippen LogP contribution is -1.88. The standard InChI is InChI=1S/C2O2S.H2O/c3-1-2(4)5-1;/h;1H2. The molecule has 0 saturated heterocycles. The van der Waals surface area contributed by atoms with Crippen molar-refractivity contribution in [2.24, 2.45) is 0 Å². The molecular weight excluding hydrogens is 104 g/mol. The highest BCUT2D eigenvalue weighted by Crippen LogP contribution is 1.65. The fourth-order valence-corrected chi connectivity index (χ4v) is 0.176. The summed E-state index contributed by atoms with van der Waals surface area (Å²) in [4.78, 5) is 19.0. The van der Waals surface area contributed by atoms with Gasteiger partial charge in [0.05, 0.1) is 0 Å². The summed E-state index contributed by atoms with van der Waals surface area (Å²) in [6.45, 7) is 0. The van der Waals surface area contributed by atoms with Crippen LogP contribution in [0.5, 0.6) is 0 Å². The molecule has 3 nitrogen and oxygen atoms in total. The highest BCUT2D eigenvalue weighted by molar-refractivity contribution is 7.13. The van der Waals surface area contributed by atoms with E-state index in [0.717, 1.165) is 11.3 Å². The molecule has 0 aliphatic rings. The summed E-state index contributed by atoms with van der Waals surface area (Å²) in [5.74, 6) is 0. The van der Waals surface area contributed by atoms with Crippen molar-refractivity contribution in [3.63, 3.8) is 0 Å². The van der Waals surface area contributed by atoms with Crippen LogP contribution in [0.1, 0.15) is 0 Å². The number of hydrogen-bond donors (Lipinski definition) is 0. The minimum Gasteiger partial charge on any atom is -0.412 e. The van der Waals surface area contributed by atoms with Gasteiger partial charge < -0.3 is 5.48 Å². The molecule has 0 aliphatic heterocycles. The van der Waals surface area contributed by atoms with Gasteiger partial charge >= 0.3 is 0 Å². The zero-order valence-corrected chi connectivity index (χ0v) is 3.54. The summed E-state index contributed by atoms with van der Waals surface area (Å²) in [7, 11) is 0. The van der Waals surface area contributed by atoms with Crippen molar-refractivity contribution in [3.8, 4) is 0 Å². The molecule has 4 heteroatoms. The van der Waals surface area contributed by atoms with Crippen molar-refractivity contribution in [2.75, 3.05) is 0 Å². The lowest BCUT2D eigenvalue weighted by atomic mass is 11.1. The van der Waals surface area contributed by atoms with E-state index < -0.39 is 0 Å². The largest absolute Gasteiger partial charge is 0.412 e. The SMILES string of the molecule is O.O=c1sc1=O. The first-order chi connectivity index (χ1) is 2.30. The summed E-state index contributed by atoms with van der Waals surface area (Å²) in [6.07, 6.45) is 0. The third-order valence-corrected chi connectivity index (χ3v) is 0.848. The minimum absolute atomic E-state index is 0. The molecule has 1 aromatic rings. The second kappa shape index (κ2) is 1.32. The van der Waals surface area contributed by atoms with E-state index in [-0.39, 0.29) is 15.0 Å². The van der Waals surface area contributed by atoms with Crippen LogP contribution in [0, 0.1) is 0 Å². The molecule has 0 aliphatic carbocycles. The predicted molar refractivity (Wildman–Crippen MR) is 22.8 cm³/mol. The van der Waals surface area contributed by atoms with Gasteiger partial charge in [-0.05, 0) is 11.3 Å². The molecule has 0 radical (unpaired) electrons. The molecule has 1 heterocycles. The molecule has 0 fully saturated rings. The maximum atomic E-state index is 9.50. The van der Waals surface area contributed by atoms with Gasteiger partial charge in [0.1, 0.15) is 0 Å². The molecule has 0 bridgehead atoms. The Kier molecular flexibility index (Phi) is 1.21. The third-order valence-electron chi connectivity index (χ3n) is 0.310. The first kappa shape index (κ1) is 5.52. The monoisotopic (exact) mass is 106 g/mol. The Hall–Kier alpha value is -0.480. The molecular formula is C2H2O3S. The zero-order chi connectivity index (χ0) is 3.86. The van der Waals surface area contributed by atoms with Crippen LogP contribution in [0.15, 0.2) is 9.59 Å². The van der Waals surface area contributed by atoms with Crippen molar-refractivity contribution < 1.29 is 5.48 Å². The van der Waals surface area contributed by atoms with Crippen LogP contribution < -0.4 is 9.48 Å². The second-order valence-corrected chi connectivity index (χ2v) is 1.62. The fourth-order valence-electron chi connectivity index (χ4n) is 0.0587. The average Bonchev–Trinajstić information content (AvgIpc) is 1.79. The summed E-state index contributed by atoms with van der Waals surface area (Å²) < 4.78 is -0.602. The van der Waals surface area contributed by atoms with E-state index >= 15 is 0 Å². The van der Waals surface area contributed by atoms with Gasteiger partial charge in [-0.15, -0.1) is 0 Å². The summed E-state index contributed by atoms with van der Waals surface area (Å²) in [6, 6.07) is 0. The Morgan fingerprint density at radius 2 is 1.33 bits per heavy atom. The molecule has 0 spiro atoms. The van der Waals surface area contributed by atoms with Gasteiger partial charge in [0.25, 0.3) is 9.48 Å². The Bertz CT molecular complexity index is 159. The molecule has 0 amide bonds. The Labute approximate surface area is 36.9 Å². The van der Waals surface area contributed by atoms with Crippen molar-refractivity contribution in [1.82, 2.24) is 0 Å². The molecule has 34 valence electrons. The van der Waals surface area contributed by atoms with Crippen LogP contribution in [0.3, 0.4) is 0 Å². The summed E-state index contributed by atoms with van der Waals surface area (Å²) in [5, 5.41) is 0. The van der Waals surface area contributed by atoms with Gasteiger partial charge in [0.15, 0.2) is 0 Å². The van der Waals surface area contributed by atoms with E-state index in [1.807, 2.05) is 0 Å². The van der Waals surface area contributed by atoms with Crippen molar-refractivity contribution in [3.05, 3.63) is 19.1 Å². The zero-order valence-electron chi connectivity index (χ0n) is 2.72. The van der Waals surface area contributed by atoms with Crippen LogP contribution in [-0.2, 0) is 0 Å². The quantitative estimate of drug-likeness (QED) is 0.378. The Morgan fingerprint density at radius 3 is 1.33 bits per heavy atom. The van der Waals surface area contributed by atoms with Gasteiger partial charge in [-0.3, -0.25) is 9.59 Å². The van der Waals surface area contributed by atoms with Crippen LogP contribution in [0.25, 0.3) is 0 Å². The summed E-state index contributed by atoms with van der Waals surface area (Å²) >= 11 is 0.769. The van der Waals surface area contributed by atoms with Crippen LogP contribution >= 0.6 is 11.3 Å². The third kappa shape index (κ3) is 0.734. The fraction of sp³-hybridized carbons (Fsp3) is 0. The molecule has 6 heavy (non-hydrogen) atoms. The second-order valence-electron chi connectivity index (χ2n) is 0.677. The molecule has 0 aromatic carbocycles. The van der Waals surface area contributed by atoms with Crippen LogP contribution in [0.4, 0.5) is 0 Å². The molecule has 1 rings (SSSR count). The molecule has 2 N–H and O–H groups in total. The highest BCUT2D eigenvalue weighted by Gasteiger charge is 1.99. The van der Waals surface area contributed by atoms with E-state index in [9.17, 15) is 9.59 Å². The van der Waals surface area contributed by atoms with Crippen molar-refractivity contribution in [1.29, 1.82) is 0 Å². The lowest BCUT2D eigenvalue weighted by Gasteiger charge is -1.12. The smallest absolute Gasteiger partial charge is 0.294 e. The van der Waals surface area contributed by atoms with Crippen molar-refractivity contribution >= 4 is 11.3 Å².